The van der Waals surface area contributed by atoms with Gasteiger partial charge in [-0.2, -0.15) is 0 Å². The number of benzene rings is 1. The van der Waals surface area contributed by atoms with Crippen LogP contribution in [0.5, 0.6) is 0 Å². The maximum Gasteiger partial charge on any atom is 0.0966 e. The lowest BCUT2D eigenvalue weighted by atomic mass is 9.92. The first kappa shape index (κ1) is 14.7. The number of rotatable bonds is 3. The van der Waals surface area contributed by atoms with Gasteiger partial charge in [0.2, 0.25) is 0 Å². The summed E-state index contributed by atoms with van der Waals surface area (Å²) in [6.07, 6.45) is 9.48. The molecule has 1 aliphatic rings. The predicted octanol–water partition coefficient (Wildman–Crippen LogP) is 5.10. The SMILES string of the molecule is NCc1nc(C2CCCCCCC2)sc1-c1ccccc1. The van der Waals surface area contributed by atoms with Gasteiger partial charge >= 0.3 is 0 Å². The molecule has 21 heavy (non-hydrogen) atoms. The zero-order valence-corrected chi connectivity index (χ0v) is 13.4. The van der Waals surface area contributed by atoms with E-state index in [9.17, 15) is 0 Å². The first-order chi connectivity index (χ1) is 10.4. The van der Waals surface area contributed by atoms with E-state index in [1.54, 1.807) is 0 Å². The van der Waals surface area contributed by atoms with Crippen LogP contribution < -0.4 is 5.73 Å². The number of hydrogen-bond donors (Lipinski definition) is 1. The lowest BCUT2D eigenvalue weighted by Gasteiger charge is -2.17. The molecule has 2 nitrogen and oxygen atoms in total. The highest BCUT2D eigenvalue weighted by molar-refractivity contribution is 7.15. The number of hydrogen-bond acceptors (Lipinski definition) is 3. The monoisotopic (exact) mass is 300 g/mol. The summed E-state index contributed by atoms with van der Waals surface area (Å²) in [5, 5.41) is 1.32. The van der Waals surface area contributed by atoms with Crippen LogP contribution >= 0.6 is 11.3 Å². The minimum Gasteiger partial charge on any atom is -0.325 e. The maximum absolute atomic E-state index is 5.93. The summed E-state index contributed by atoms with van der Waals surface area (Å²) in [5.74, 6) is 0.651. The van der Waals surface area contributed by atoms with E-state index in [4.69, 9.17) is 10.7 Å². The molecule has 0 unspecified atom stereocenters. The second kappa shape index (κ2) is 7.19. The zero-order valence-electron chi connectivity index (χ0n) is 12.6. The van der Waals surface area contributed by atoms with Crippen molar-refractivity contribution >= 4 is 11.3 Å². The molecule has 0 spiro atoms. The van der Waals surface area contributed by atoms with E-state index in [0.29, 0.717) is 12.5 Å². The number of nitrogens with two attached hydrogens (primary N) is 1. The van der Waals surface area contributed by atoms with E-state index in [2.05, 4.69) is 30.3 Å². The van der Waals surface area contributed by atoms with Gasteiger partial charge < -0.3 is 5.73 Å². The standard InChI is InChI=1S/C18H24N2S/c19-13-16-17(14-9-7-4-8-10-14)21-18(20-16)15-11-5-2-1-3-6-12-15/h4,7-10,15H,1-3,5-6,11-13,19H2. The third-order valence-electron chi connectivity index (χ3n) is 4.40. The van der Waals surface area contributed by atoms with Crippen LogP contribution in [0, 0.1) is 0 Å². The molecule has 0 aliphatic heterocycles. The van der Waals surface area contributed by atoms with Gasteiger partial charge in [0.25, 0.3) is 0 Å². The van der Waals surface area contributed by atoms with Gasteiger partial charge in [0, 0.05) is 12.5 Å². The second-order valence-corrected chi connectivity index (χ2v) is 6.97. The third-order valence-corrected chi connectivity index (χ3v) is 5.71. The number of aromatic nitrogens is 1. The van der Waals surface area contributed by atoms with Crippen molar-refractivity contribution in [1.29, 1.82) is 0 Å². The Bertz CT molecular complexity index is 554. The predicted molar refractivity (Wildman–Crippen MR) is 90.5 cm³/mol. The topological polar surface area (TPSA) is 38.9 Å². The molecule has 1 saturated carbocycles. The first-order valence-corrected chi connectivity index (χ1v) is 8.95. The smallest absolute Gasteiger partial charge is 0.0966 e. The van der Waals surface area contributed by atoms with Crippen LogP contribution in [0.2, 0.25) is 0 Å². The Balaban J connectivity index is 1.88. The fourth-order valence-corrected chi connectivity index (χ4v) is 4.47. The highest BCUT2D eigenvalue weighted by Crippen LogP contribution is 2.38. The van der Waals surface area contributed by atoms with Gasteiger partial charge in [0.05, 0.1) is 15.6 Å². The first-order valence-electron chi connectivity index (χ1n) is 8.13. The van der Waals surface area contributed by atoms with E-state index in [0.717, 1.165) is 5.69 Å². The Hall–Kier alpha value is -1.19. The molecule has 1 aromatic heterocycles. The summed E-state index contributed by atoms with van der Waals surface area (Å²) in [5.41, 5.74) is 8.26. The largest absolute Gasteiger partial charge is 0.325 e. The summed E-state index contributed by atoms with van der Waals surface area (Å²) >= 11 is 1.87. The Kier molecular flexibility index (Phi) is 5.04. The average molecular weight is 300 g/mol. The molecule has 0 radical (unpaired) electrons. The highest BCUT2D eigenvalue weighted by atomic mass is 32.1. The molecule has 2 N–H and O–H groups in total. The molecule has 3 heteroatoms. The van der Waals surface area contributed by atoms with Gasteiger partial charge in [-0.1, -0.05) is 62.4 Å². The van der Waals surface area contributed by atoms with Crippen LogP contribution in [0.25, 0.3) is 10.4 Å². The fraction of sp³-hybridized carbons (Fsp3) is 0.500. The Morgan fingerprint density at radius 1 is 1.00 bits per heavy atom. The van der Waals surface area contributed by atoms with Crippen LogP contribution in [-0.4, -0.2) is 4.98 Å². The normalized spacial score (nSPS) is 17.4. The van der Waals surface area contributed by atoms with Crippen molar-refractivity contribution in [2.24, 2.45) is 5.73 Å². The molecule has 1 fully saturated rings. The van der Waals surface area contributed by atoms with Crippen molar-refractivity contribution in [3.05, 3.63) is 41.0 Å². The number of nitrogens with zero attached hydrogens (tertiary/aromatic N) is 1. The third kappa shape index (κ3) is 3.53. The van der Waals surface area contributed by atoms with Gasteiger partial charge in [-0.05, 0) is 18.4 Å². The molecule has 3 rings (SSSR count). The van der Waals surface area contributed by atoms with Crippen molar-refractivity contribution in [2.45, 2.75) is 57.4 Å². The van der Waals surface area contributed by atoms with E-state index in [-0.39, 0.29) is 0 Å². The van der Waals surface area contributed by atoms with E-state index in [1.807, 2.05) is 11.3 Å². The average Bonchev–Trinajstić information content (AvgIpc) is 2.92. The molecule has 0 atom stereocenters. The minimum atomic E-state index is 0.535. The maximum atomic E-state index is 5.93. The van der Waals surface area contributed by atoms with Crippen LogP contribution in [0.3, 0.4) is 0 Å². The molecule has 1 heterocycles. The molecular weight excluding hydrogens is 276 g/mol. The molecule has 0 bridgehead atoms. The number of thiazole rings is 1. The van der Waals surface area contributed by atoms with Gasteiger partial charge in [-0.15, -0.1) is 11.3 Å². The lowest BCUT2D eigenvalue weighted by molar-refractivity contribution is 0.454. The van der Waals surface area contributed by atoms with Crippen molar-refractivity contribution < 1.29 is 0 Å². The van der Waals surface area contributed by atoms with Crippen LogP contribution in [-0.2, 0) is 6.54 Å². The van der Waals surface area contributed by atoms with E-state index < -0.39 is 0 Å². The molecule has 112 valence electrons. The fourth-order valence-electron chi connectivity index (χ4n) is 3.20. The second-order valence-electron chi connectivity index (χ2n) is 5.94. The Morgan fingerprint density at radius 2 is 1.67 bits per heavy atom. The highest BCUT2D eigenvalue weighted by Gasteiger charge is 2.20. The minimum absolute atomic E-state index is 0.535. The van der Waals surface area contributed by atoms with Gasteiger partial charge in [0.15, 0.2) is 0 Å². The van der Waals surface area contributed by atoms with Crippen molar-refractivity contribution in [3.8, 4) is 10.4 Å². The van der Waals surface area contributed by atoms with E-state index in [1.165, 1.54) is 60.4 Å². The van der Waals surface area contributed by atoms with Gasteiger partial charge in [-0.25, -0.2) is 4.98 Å². The van der Waals surface area contributed by atoms with E-state index >= 15 is 0 Å². The van der Waals surface area contributed by atoms with Crippen molar-refractivity contribution in [2.75, 3.05) is 0 Å². The van der Waals surface area contributed by atoms with Crippen LogP contribution in [0.4, 0.5) is 0 Å². The summed E-state index contributed by atoms with van der Waals surface area (Å²) in [6, 6.07) is 10.6. The zero-order chi connectivity index (χ0) is 14.5. The van der Waals surface area contributed by atoms with Crippen molar-refractivity contribution in [1.82, 2.24) is 4.98 Å². The summed E-state index contributed by atoms with van der Waals surface area (Å²) in [6.45, 7) is 0.535. The molecule has 0 saturated heterocycles. The van der Waals surface area contributed by atoms with Gasteiger partial charge in [-0.3, -0.25) is 0 Å². The molecule has 0 amide bonds. The molecule has 2 aromatic rings. The quantitative estimate of drug-likeness (QED) is 0.856. The van der Waals surface area contributed by atoms with Gasteiger partial charge in [0.1, 0.15) is 0 Å². The Morgan fingerprint density at radius 3 is 2.33 bits per heavy atom. The van der Waals surface area contributed by atoms with Crippen molar-refractivity contribution in [3.63, 3.8) is 0 Å². The summed E-state index contributed by atoms with van der Waals surface area (Å²) in [7, 11) is 0. The van der Waals surface area contributed by atoms with Crippen LogP contribution in [0.15, 0.2) is 30.3 Å². The lowest BCUT2D eigenvalue weighted by Crippen LogP contribution is -2.03. The molecule has 1 aromatic carbocycles. The molecule has 1 aliphatic carbocycles. The summed E-state index contributed by atoms with van der Waals surface area (Å²) in [4.78, 5) is 6.17. The summed E-state index contributed by atoms with van der Waals surface area (Å²) < 4.78 is 0. The van der Waals surface area contributed by atoms with Crippen LogP contribution in [0.1, 0.15) is 61.6 Å². The molecular formula is C18H24N2S. The Labute approximate surface area is 131 Å².